The van der Waals surface area contributed by atoms with Gasteiger partial charge in [-0.1, -0.05) is 13.0 Å². The van der Waals surface area contributed by atoms with Crippen molar-refractivity contribution in [2.24, 2.45) is 0 Å². The van der Waals surface area contributed by atoms with Crippen molar-refractivity contribution in [2.45, 2.75) is 32.9 Å². The van der Waals surface area contributed by atoms with E-state index in [1.165, 1.54) is 0 Å². The Balaban J connectivity index is 2.27. The van der Waals surface area contributed by atoms with Crippen molar-refractivity contribution in [1.29, 1.82) is 0 Å². The van der Waals surface area contributed by atoms with Gasteiger partial charge >= 0.3 is 0 Å². The maximum atomic E-state index is 14.4. The molecule has 0 spiro atoms. The topological polar surface area (TPSA) is 35.6 Å². The van der Waals surface area contributed by atoms with Gasteiger partial charge in [0.25, 0.3) is 0 Å². The molecule has 2 rings (SSSR count). The summed E-state index contributed by atoms with van der Waals surface area (Å²) in [4.78, 5) is 15.9. The normalized spacial score (nSPS) is 18.2. The average molecular weight is 293 g/mol. The molecule has 4 nitrogen and oxygen atoms in total. The summed E-state index contributed by atoms with van der Waals surface area (Å²) in [6.07, 6.45) is 0. The zero-order valence-corrected chi connectivity index (χ0v) is 13.2. The summed E-state index contributed by atoms with van der Waals surface area (Å²) in [6.45, 7) is 8.46. The Labute approximate surface area is 125 Å². The number of benzene rings is 1. The van der Waals surface area contributed by atoms with Crippen molar-refractivity contribution in [3.05, 3.63) is 29.6 Å². The number of piperazine rings is 1. The lowest BCUT2D eigenvalue weighted by Gasteiger charge is -2.46. The summed E-state index contributed by atoms with van der Waals surface area (Å²) in [7, 11) is 1.79. The van der Waals surface area contributed by atoms with Crippen LogP contribution in [0.5, 0.6) is 0 Å². The van der Waals surface area contributed by atoms with Crippen LogP contribution in [0.1, 0.15) is 26.3 Å². The Hall–Kier alpha value is -1.62. The van der Waals surface area contributed by atoms with Crippen molar-refractivity contribution in [1.82, 2.24) is 10.2 Å². The largest absolute Gasteiger partial charge is 0.353 e. The molecule has 5 heteroatoms. The minimum absolute atomic E-state index is 0.0184. The molecule has 0 aliphatic carbocycles. The van der Waals surface area contributed by atoms with E-state index < -0.39 is 5.54 Å². The molecule has 1 amide bonds. The second-order valence-corrected chi connectivity index (χ2v) is 6.00. The molecule has 1 heterocycles. The molecule has 1 aliphatic rings. The second-order valence-electron chi connectivity index (χ2n) is 6.00. The number of nitrogens with zero attached hydrogens (tertiary/aromatic N) is 2. The first-order valence-electron chi connectivity index (χ1n) is 7.40. The number of amides is 1. The quantitative estimate of drug-likeness (QED) is 0.922. The number of hydrogen-bond acceptors (Lipinski definition) is 3. The van der Waals surface area contributed by atoms with Crippen molar-refractivity contribution in [3.63, 3.8) is 0 Å². The van der Waals surface area contributed by atoms with Crippen LogP contribution in [-0.4, -0.2) is 43.0 Å². The van der Waals surface area contributed by atoms with Crippen LogP contribution in [0, 0.1) is 5.82 Å². The third kappa shape index (κ3) is 3.02. The Bertz CT molecular complexity index is 530. The average Bonchev–Trinajstić information content (AvgIpc) is 2.44. The van der Waals surface area contributed by atoms with Crippen LogP contribution >= 0.6 is 0 Å². The zero-order chi connectivity index (χ0) is 15.6. The van der Waals surface area contributed by atoms with E-state index in [-0.39, 0.29) is 11.7 Å². The van der Waals surface area contributed by atoms with Gasteiger partial charge in [0.1, 0.15) is 11.4 Å². The highest BCUT2D eigenvalue weighted by molar-refractivity contribution is 5.90. The van der Waals surface area contributed by atoms with Gasteiger partial charge < -0.3 is 15.1 Å². The molecule has 1 N–H and O–H groups in total. The van der Waals surface area contributed by atoms with E-state index in [0.29, 0.717) is 25.3 Å². The first kappa shape index (κ1) is 15.8. The fraction of sp³-hybridized carbons (Fsp3) is 0.562. The Kier molecular flexibility index (Phi) is 4.52. The van der Waals surface area contributed by atoms with E-state index in [4.69, 9.17) is 0 Å². The third-order valence-electron chi connectivity index (χ3n) is 4.09. The van der Waals surface area contributed by atoms with Crippen LogP contribution in [0.3, 0.4) is 0 Å². The van der Waals surface area contributed by atoms with E-state index in [2.05, 4.69) is 5.32 Å². The number of likely N-dealkylation sites (N-methyl/N-ethyl adjacent to an activating group) is 1. The number of halogens is 1. The van der Waals surface area contributed by atoms with E-state index in [1.807, 2.05) is 31.7 Å². The Morgan fingerprint density at radius 1 is 1.33 bits per heavy atom. The maximum Gasteiger partial charge on any atom is 0.247 e. The molecule has 1 aromatic rings. The molecule has 0 saturated carbocycles. The molecular formula is C16H24FN3O. The lowest BCUT2D eigenvalue weighted by atomic mass is 9.96. The summed E-state index contributed by atoms with van der Waals surface area (Å²) in [6, 6.07) is 5.25. The molecule has 21 heavy (non-hydrogen) atoms. The van der Waals surface area contributed by atoms with Gasteiger partial charge in [0.05, 0.1) is 5.69 Å². The lowest BCUT2D eigenvalue weighted by molar-refractivity contribution is -0.136. The molecule has 0 unspecified atom stereocenters. The minimum Gasteiger partial charge on any atom is -0.353 e. The Morgan fingerprint density at radius 2 is 2.05 bits per heavy atom. The molecule has 1 aromatic carbocycles. The standard InChI is InChI=1S/C16H24FN3O/c1-5-18-11-12-6-7-14(13(17)10-12)20-9-8-19(4)15(21)16(20,2)3/h6-7,10,18H,5,8-9,11H2,1-4H3. The van der Waals surface area contributed by atoms with Gasteiger partial charge in [-0.15, -0.1) is 0 Å². The second kappa shape index (κ2) is 6.02. The smallest absolute Gasteiger partial charge is 0.247 e. The predicted molar refractivity (Wildman–Crippen MR) is 82.8 cm³/mol. The fourth-order valence-corrected chi connectivity index (χ4v) is 2.78. The van der Waals surface area contributed by atoms with Gasteiger partial charge in [0.15, 0.2) is 0 Å². The van der Waals surface area contributed by atoms with Crippen molar-refractivity contribution < 1.29 is 9.18 Å². The van der Waals surface area contributed by atoms with Gasteiger partial charge in [0.2, 0.25) is 5.91 Å². The van der Waals surface area contributed by atoms with Gasteiger partial charge in [-0.05, 0) is 38.1 Å². The highest BCUT2D eigenvalue weighted by Crippen LogP contribution is 2.30. The number of carbonyl (C=O) groups is 1. The highest BCUT2D eigenvalue weighted by atomic mass is 19.1. The van der Waals surface area contributed by atoms with E-state index in [1.54, 1.807) is 24.1 Å². The van der Waals surface area contributed by atoms with Crippen LogP contribution < -0.4 is 10.2 Å². The van der Waals surface area contributed by atoms with Gasteiger partial charge in [0, 0.05) is 26.7 Å². The molecule has 0 bridgehead atoms. The molecular weight excluding hydrogens is 269 g/mol. The zero-order valence-electron chi connectivity index (χ0n) is 13.2. The molecule has 0 radical (unpaired) electrons. The lowest BCUT2D eigenvalue weighted by Crippen LogP contribution is -2.62. The van der Waals surface area contributed by atoms with Crippen molar-refractivity contribution in [3.8, 4) is 0 Å². The fourth-order valence-electron chi connectivity index (χ4n) is 2.78. The number of carbonyl (C=O) groups excluding carboxylic acids is 1. The molecule has 1 aliphatic heterocycles. The van der Waals surface area contributed by atoms with Crippen molar-refractivity contribution >= 4 is 11.6 Å². The van der Waals surface area contributed by atoms with Gasteiger partial charge in [-0.25, -0.2) is 4.39 Å². The van der Waals surface area contributed by atoms with Crippen LogP contribution in [0.4, 0.5) is 10.1 Å². The van der Waals surface area contributed by atoms with Crippen LogP contribution in [-0.2, 0) is 11.3 Å². The monoisotopic (exact) mass is 293 g/mol. The summed E-state index contributed by atoms with van der Waals surface area (Å²) in [5.41, 5.74) is 0.690. The first-order valence-corrected chi connectivity index (χ1v) is 7.40. The SMILES string of the molecule is CCNCc1ccc(N2CCN(C)C(=O)C2(C)C)c(F)c1. The number of hydrogen-bond donors (Lipinski definition) is 1. The van der Waals surface area contributed by atoms with E-state index in [0.717, 1.165) is 12.1 Å². The van der Waals surface area contributed by atoms with Crippen LogP contribution in [0.2, 0.25) is 0 Å². The summed E-state index contributed by atoms with van der Waals surface area (Å²) in [5.74, 6) is -0.249. The van der Waals surface area contributed by atoms with Gasteiger partial charge in [-0.2, -0.15) is 0 Å². The van der Waals surface area contributed by atoms with E-state index in [9.17, 15) is 9.18 Å². The molecule has 116 valence electrons. The summed E-state index contributed by atoms with van der Waals surface area (Å²) in [5, 5.41) is 3.18. The van der Waals surface area contributed by atoms with Gasteiger partial charge in [-0.3, -0.25) is 4.79 Å². The van der Waals surface area contributed by atoms with Crippen molar-refractivity contribution in [2.75, 3.05) is 31.6 Å². The Morgan fingerprint density at radius 3 is 2.67 bits per heavy atom. The predicted octanol–water partition coefficient (Wildman–Crippen LogP) is 1.99. The first-order chi connectivity index (χ1) is 9.87. The minimum atomic E-state index is -0.725. The number of nitrogens with one attached hydrogen (secondary N) is 1. The third-order valence-corrected chi connectivity index (χ3v) is 4.09. The number of rotatable bonds is 4. The van der Waals surface area contributed by atoms with E-state index >= 15 is 0 Å². The summed E-state index contributed by atoms with van der Waals surface area (Å²) >= 11 is 0. The molecule has 0 aromatic heterocycles. The molecule has 0 atom stereocenters. The molecule has 1 fully saturated rings. The highest BCUT2D eigenvalue weighted by Gasteiger charge is 2.41. The molecule has 1 saturated heterocycles. The summed E-state index contributed by atoms with van der Waals surface area (Å²) < 4.78 is 14.4. The maximum absolute atomic E-state index is 14.4. The van der Waals surface area contributed by atoms with Crippen LogP contribution in [0.25, 0.3) is 0 Å². The number of anilines is 1. The van der Waals surface area contributed by atoms with Crippen LogP contribution in [0.15, 0.2) is 18.2 Å².